The molecule has 6 nitrogen and oxygen atoms in total. The van der Waals surface area contributed by atoms with E-state index >= 15 is 0 Å². The molecule has 3 amide bonds. The zero-order valence-corrected chi connectivity index (χ0v) is 11.7. The first-order valence-electron chi connectivity index (χ1n) is 6.12. The van der Waals surface area contributed by atoms with E-state index in [4.69, 9.17) is 11.6 Å². The van der Waals surface area contributed by atoms with E-state index in [1.165, 1.54) is 6.20 Å². The van der Waals surface area contributed by atoms with E-state index in [1.54, 1.807) is 19.1 Å². The maximum atomic E-state index is 12.0. The second-order valence-corrected chi connectivity index (χ2v) is 5.09. The number of rotatable bonds is 3. The van der Waals surface area contributed by atoms with Crippen molar-refractivity contribution in [1.82, 2.24) is 10.3 Å². The molecule has 2 heterocycles. The van der Waals surface area contributed by atoms with Crippen molar-refractivity contribution in [1.29, 1.82) is 0 Å². The molecule has 1 unspecified atom stereocenters. The van der Waals surface area contributed by atoms with Crippen molar-refractivity contribution in [2.45, 2.75) is 25.2 Å². The first-order chi connectivity index (χ1) is 9.45. The van der Waals surface area contributed by atoms with Crippen LogP contribution in [0, 0.1) is 0 Å². The average Bonchev–Trinajstić information content (AvgIpc) is 2.44. The molecule has 0 bridgehead atoms. The van der Waals surface area contributed by atoms with E-state index in [0.29, 0.717) is 24.2 Å². The topological polar surface area (TPSA) is 88.2 Å². The summed E-state index contributed by atoms with van der Waals surface area (Å²) in [5, 5.41) is 4.85. The Bertz CT molecular complexity index is 558. The van der Waals surface area contributed by atoms with E-state index in [-0.39, 0.29) is 23.6 Å². The molecule has 1 saturated heterocycles. The molecule has 1 aromatic heterocycles. The van der Waals surface area contributed by atoms with Gasteiger partial charge in [-0.25, -0.2) is 4.98 Å². The Morgan fingerprint density at radius 3 is 2.80 bits per heavy atom. The van der Waals surface area contributed by atoms with Crippen LogP contribution in [0.3, 0.4) is 0 Å². The van der Waals surface area contributed by atoms with Crippen LogP contribution in [-0.2, 0) is 19.8 Å². The highest BCUT2D eigenvalue weighted by atomic mass is 35.5. The van der Waals surface area contributed by atoms with Gasteiger partial charge in [-0.1, -0.05) is 6.07 Å². The molecule has 7 heteroatoms. The van der Waals surface area contributed by atoms with Crippen LogP contribution in [0.2, 0.25) is 0 Å². The predicted octanol–water partition coefficient (Wildman–Crippen LogP) is 0.953. The van der Waals surface area contributed by atoms with Crippen LogP contribution in [0.25, 0.3) is 0 Å². The fourth-order valence-electron chi connectivity index (χ4n) is 2.05. The number of nitrogens with one attached hydrogen (secondary N) is 2. The molecule has 0 aromatic carbocycles. The minimum absolute atomic E-state index is 0.147. The molecule has 106 valence electrons. The Hall–Kier alpha value is -1.95. The Morgan fingerprint density at radius 1 is 1.50 bits per heavy atom. The lowest BCUT2D eigenvalue weighted by atomic mass is 9.76. The number of anilines is 1. The quantitative estimate of drug-likeness (QED) is 0.642. The fraction of sp³-hybridized carbons (Fsp3) is 0.385. The van der Waals surface area contributed by atoms with Gasteiger partial charge in [0.25, 0.3) is 0 Å². The number of nitrogens with zero attached hydrogens (tertiary/aromatic N) is 1. The van der Waals surface area contributed by atoms with Gasteiger partial charge in [0.15, 0.2) is 0 Å². The van der Waals surface area contributed by atoms with E-state index in [1.807, 2.05) is 0 Å². The van der Waals surface area contributed by atoms with Gasteiger partial charge in [-0.15, -0.1) is 11.6 Å². The van der Waals surface area contributed by atoms with Crippen LogP contribution in [0.15, 0.2) is 18.3 Å². The molecule has 1 atom stereocenters. The van der Waals surface area contributed by atoms with Crippen molar-refractivity contribution < 1.29 is 14.4 Å². The predicted molar refractivity (Wildman–Crippen MR) is 73.3 cm³/mol. The van der Waals surface area contributed by atoms with Crippen LogP contribution < -0.4 is 10.6 Å². The van der Waals surface area contributed by atoms with Gasteiger partial charge in [-0.05, 0) is 25.0 Å². The zero-order chi connectivity index (χ0) is 14.8. The van der Waals surface area contributed by atoms with Crippen molar-refractivity contribution in [3.8, 4) is 0 Å². The molecule has 0 radical (unpaired) electrons. The molecule has 0 spiro atoms. The van der Waals surface area contributed by atoms with Crippen LogP contribution in [0.1, 0.15) is 25.3 Å². The molecule has 1 fully saturated rings. The number of imide groups is 1. The first kappa shape index (κ1) is 14.5. The van der Waals surface area contributed by atoms with Crippen LogP contribution in [-0.4, -0.2) is 28.6 Å². The number of hydrogen-bond acceptors (Lipinski definition) is 4. The summed E-state index contributed by atoms with van der Waals surface area (Å²) in [5.41, 5.74) is -0.0815. The van der Waals surface area contributed by atoms with Crippen molar-refractivity contribution >= 4 is 35.1 Å². The number of pyridine rings is 1. The maximum absolute atomic E-state index is 12.0. The maximum Gasteiger partial charge on any atom is 0.240 e. The fourth-order valence-corrected chi connectivity index (χ4v) is 2.12. The van der Waals surface area contributed by atoms with Crippen LogP contribution in [0.5, 0.6) is 0 Å². The first-order valence-corrected chi connectivity index (χ1v) is 6.66. The molecule has 20 heavy (non-hydrogen) atoms. The molecular weight excluding hydrogens is 282 g/mol. The SMILES string of the molecule is CC1(c2ccc(NC(=O)CCl)nc2)CCC(=O)NC1=O. The second kappa shape index (κ2) is 5.58. The summed E-state index contributed by atoms with van der Waals surface area (Å²) in [5.74, 6) is -0.708. The van der Waals surface area contributed by atoms with E-state index in [9.17, 15) is 14.4 Å². The summed E-state index contributed by atoms with van der Waals surface area (Å²) in [6.45, 7) is 1.77. The van der Waals surface area contributed by atoms with Crippen molar-refractivity contribution in [3.63, 3.8) is 0 Å². The van der Waals surface area contributed by atoms with E-state index in [2.05, 4.69) is 15.6 Å². The summed E-state index contributed by atoms with van der Waals surface area (Å²) in [6.07, 6.45) is 2.26. The van der Waals surface area contributed by atoms with Gasteiger partial charge in [-0.3, -0.25) is 19.7 Å². The Morgan fingerprint density at radius 2 is 2.25 bits per heavy atom. The minimum Gasteiger partial charge on any atom is -0.310 e. The van der Waals surface area contributed by atoms with Crippen molar-refractivity contribution in [3.05, 3.63) is 23.9 Å². The lowest BCUT2D eigenvalue weighted by molar-refractivity contribution is -0.137. The monoisotopic (exact) mass is 295 g/mol. The zero-order valence-electron chi connectivity index (χ0n) is 10.9. The normalized spacial score (nSPS) is 22.3. The molecule has 1 aliphatic heterocycles. The molecule has 1 aliphatic rings. The Labute approximate surface area is 120 Å². The third-order valence-electron chi connectivity index (χ3n) is 3.40. The lowest BCUT2D eigenvalue weighted by Crippen LogP contribution is -2.49. The number of carbonyl (C=O) groups is 3. The number of carbonyl (C=O) groups excluding carboxylic acids is 3. The molecular formula is C13H14ClN3O3. The van der Waals surface area contributed by atoms with Crippen molar-refractivity contribution in [2.75, 3.05) is 11.2 Å². The lowest BCUT2D eigenvalue weighted by Gasteiger charge is -2.31. The number of alkyl halides is 1. The van der Waals surface area contributed by atoms with Gasteiger partial charge in [0.2, 0.25) is 17.7 Å². The van der Waals surface area contributed by atoms with Gasteiger partial charge in [0.1, 0.15) is 11.7 Å². The smallest absolute Gasteiger partial charge is 0.240 e. The summed E-state index contributed by atoms with van der Waals surface area (Å²) < 4.78 is 0. The van der Waals surface area contributed by atoms with Crippen LogP contribution >= 0.6 is 11.6 Å². The Kier molecular flexibility index (Phi) is 4.04. The summed E-state index contributed by atoms with van der Waals surface area (Å²) in [7, 11) is 0. The standard InChI is InChI=1S/C13H14ClN3O3/c1-13(5-4-10(18)17-12(13)20)8-2-3-9(15-7-8)16-11(19)6-14/h2-3,7H,4-6H2,1H3,(H,15,16,19)(H,17,18,20). The van der Waals surface area contributed by atoms with Gasteiger partial charge in [0, 0.05) is 12.6 Å². The van der Waals surface area contributed by atoms with Gasteiger partial charge >= 0.3 is 0 Å². The highest BCUT2D eigenvalue weighted by molar-refractivity contribution is 6.29. The molecule has 2 N–H and O–H groups in total. The summed E-state index contributed by atoms with van der Waals surface area (Å²) in [4.78, 5) is 38.4. The van der Waals surface area contributed by atoms with Gasteiger partial charge in [0.05, 0.1) is 5.41 Å². The summed E-state index contributed by atoms with van der Waals surface area (Å²) in [6, 6.07) is 3.32. The van der Waals surface area contributed by atoms with Crippen molar-refractivity contribution in [2.24, 2.45) is 0 Å². The van der Waals surface area contributed by atoms with E-state index < -0.39 is 5.41 Å². The number of piperidine rings is 1. The molecule has 2 rings (SSSR count). The number of halogens is 1. The third-order valence-corrected chi connectivity index (χ3v) is 3.64. The molecule has 0 saturated carbocycles. The molecule has 1 aromatic rings. The average molecular weight is 296 g/mol. The largest absolute Gasteiger partial charge is 0.310 e. The second-order valence-electron chi connectivity index (χ2n) is 4.82. The van der Waals surface area contributed by atoms with Gasteiger partial charge in [-0.2, -0.15) is 0 Å². The summed E-state index contributed by atoms with van der Waals surface area (Å²) >= 11 is 5.39. The van der Waals surface area contributed by atoms with Crippen LogP contribution in [0.4, 0.5) is 5.82 Å². The van der Waals surface area contributed by atoms with Gasteiger partial charge < -0.3 is 5.32 Å². The highest BCUT2D eigenvalue weighted by Gasteiger charge is 2.40. The number of hydrogen-bond donors (Lipinski definition) is 2. The number of aromatic nitrogens is 1. The third kappa shape index (κ3) is 2.80. The van der Waals surface area contributed by atoms with E-state index in [0.717, 1.165) is 0 Å². The Balaban J connectivity index is 2.19. The highest BCUT2D eigenvalue weighted by Crippen LogP contribution is 2.31. The number of amides is 3. The minimum atomic E-state index is -0.782. The molecule has 0 aliphatic carbocycles.